The van der Waals surface area contributed by atoms with E-state index in [-0.39, 0.29) is 30.8 Å². The van der Waals surface area contributed by atoms with Crippen molar-refractivity contribution in [3.8, 4) is 0 Å². The van der Waals surface area contributed by atoms with Gasteiger partial charge in [0, 0.05) is 25.4 Å². The molecule has 6 nitrogen and oxygen atoms in total. The Hall–Kier alpha value is -0.850. The Morgan fingerprint density at radius 2 is 1.76 bits per heavy atom. The average Bonchev–Trinajstić information content (AvgIpc) is 2.34. The van der Waals surface area contributed by atoms with E-state index in [0.717, 1.165) is 17.4 Å². The van der Waals surface area contributed by atoms with Crippen LogP contribution in [0.4, 0.5) is 0 Å². The summed E-state index contributed by atoms with van der Waals surface area (Å²) < 4.78 is 0.879. The van der Waals surface area contributed by atoms with Crippen LogP contribution in [0, 0.1) is 11.8 Å². The average molecular weight is 323 g/mol. The first-order chi connectivity index (χ1) is 9.21. The van der Waals surface area contributed by atoms with Gasteiger partial charge in [-0.2, -0.15) is 0 Å². The lowest BCUT2D eigenvalue weighted by atomic mass is 9.91. The van der Waals surface area contributed by atoms with Crippen LogP contribution >= 0.6 is 0 Å². The molecule has 0 aromatic heterocycles. The van der Waals surface area contributed by atoms with Crippen molar-refractivity contribution in [2.45, 2.75) is 26.2 Å². The Morgan fingerprint density at radius 1 is 1.19 bits per heavy atom. The van der Waals surface area contributed by atoms with Gasteiger partial charge in [0.25, 0.3) is 0 Å². The Bertz CT molecular complexity index is 319. The molecule has 0 spiro atoms. The number of nitrogens with one attached hydrogen (secondary N) is 1. The molecule has 7 heteroatoms. The predicted molar refractivity (Wildman–Crippen MR) is 80.7 cm³/mol. The quantitative estimate of drug-likeness (QED) is 0.290. The van der Waals surface area contributed by atoms with Crippen molar-refractivity contribution in [3.05, 3.63) is 0 Å². The van der Waals surface area contributed by atoms with E-state index in [1.807, 2.05) is 6.92 Å². The number of carbonyl (C=O) groups is 2. The molecule has 2 atom stereocenters. The smallest absolute Gasteiger partial charge is 0.223 e. The minimum Gasteiger partial charge on any atom is -1.00 e. The Morgan fingerprint density at radius 3 is 2.14 bits per heavy atom. The molecule has 0 aliphatic rings. The molecular formula is C14H31ClN4O2. The summed E-state index contributed by atoms with van der Waals surface area (Å²) in [7, 11) is 6.36. The third kappa shape index (κ3) is 10.5. The highest BCUT2D eigenvalue weighted by atomic mass is 35.5. The van der Waals surface area contributed by atoms with E-state index >= 15 is 0 Å². The second-order valence-corrected chi connectivity index (χ2v) is 6.33. The number of nitrogens with zero attached hydrogens (tertiary/aromatic N) is 1. The van der Waals surface area contributed by atoms with Crippen LogP contribution < -0.4 is 29.2 Å². The van der Waals surface area contributed by atoms with Gasteiger partial charge in [-0.25, -0.2) is 0 Å². The number of amides is 2. The summed E-state index contributed by atoms with van der Waals surface area (Å²) in [6.45, 7) is 3.80. The van der Waals surface area contributed by atoms with Crippen molar-refractivity contribution in [2.24, 2.45) is 23.3 Å². The number of quaternary nitrogens is 1. The summed E-state index contributed by atoms with van der Waals surface area (Å²) in [6.07, 6.45) is 2.05. The van der Waals surface area contributed by atoms with Crippen LogP contribution in [0.2, 0.25) is 0 Å². The largest absolute Gasteiger partial charge is 1.00 e. The molecule has 0 rings (SSSR count). The van der Waals surface area contributed by atoms with Crippen LogP contribution in [0.1, 0.15) is 26.2 Å². The van der Waals surface area contributed by atoms with Crippen LogP contribution in [0.25, 0.3) is 0 Å². The maximum Gasteiger partial charge on any atom is 0.223 e. The standard InChI is InChI=1S/C14H30N4O2.ClH/c1-5-11(9-12(10-15)13(16)19)14(20)17-7-6-8-18(2,3)4;/h11-12H,5-10,15H2,1-4H3,(H2-,16,17,19,20);1H. The van der Waals surface area contributed by atoms with E-state index < -0.39 is 11.8 Å². The summed E-state index contributed by atoms with van der Waals surface area (Å²) in [5.41, 5.74) is 10.8. The van der Waals surface area contributed by atoms with Crippen molar-refractivity contribution < 1.29 is 26.5 Å². The predicted octanol–water partition coefficient (Wildman–Crippen LogP) is -3.32. The SMILES string of the molecule is CCC(CC(CN)C(N)=O)C(=O)NCCC[N+](C)(C)C.[Cl-]. The van der Waals surface area contributed by atoms with Crippen LogP contribution in [0.5, 0.6) is 0 Å². The molecular weight excluding hydrogens is 292 g/mol. The third-order valence-corrected chi connectivity index (χ3v) is 3.42. The monoisotopic (exact) mass is 322 g/mol. The van der Waals surface area contributed by atoms with Gasteiger partial charge < -0.3 is 33.7 Å². The summed E-state index contributed by atoms with van der Waals surface area (Å²) >= 11 is 0. The summed E-state index contributed by atoms with van der Waals surface area (Å²) in [5, 5.41) is 2.93. The summed E-state index contributed by atoms with van der Waals surface area (Å²) in [4.78, 5) is 23.2. The number of nitrogens with two attached hydrogens (primary N) is 2. The van der Waals surface area contributed by atoms with Gasteiger partial charge in [-0.05, 0) is 12.8 Å². The topological polar surface area (TPSA) is 98.2 Å². The number of hydrogen-bond acceptors (Lipinski definition) is 3. The fourth-order valence-electron chi connectivity index (χ4n) is 2.04. The third-order valence-electron chi connectivity index (χ3n) is 3.42. The Labute approximate surface area is 134 Å². The van der Waals surface area contributed by atoms with Gasteiger partial charge in [-0.1, -0.05) is 6.92 Å². The molecule has 0 saturated heterocycles. The Balaban J connectivity index is 0. The van der Waals surface area contributed by atoms with Crippen molar-refractivity contribution in [1.82, 2.24) is 5.32 Å². The lowest BCUT2D eigenvalue weighted by Crippen LogP contribution is -3.00. The van der Waals surface area contributed by atoms with Crippen molar-refractivity contribution >= 4 is 11.8 Å². The van der Waals surface area contributed by atoms with Crippen molar-refractivity contribution in [3.63, 3.8) is 0 Å². The molecule has 0 bridgehead atoms. The minimum atomic E-state index is -0.427. The molecule has 126 valence electrons. The van der Waals surface area contributed by atoms with E-state index in [9.17, 15) is 9.59 Å². The number of carbonyl (C=O) groups excluding carboxylic acids is 2. The van der Waals surface area contributed by atoms with Crippen LogP contribution in [-0.2, 0) is 9.59 Å². The first-order valence-corrected chi connectivity index (χ1v) is 7.28. The molecule has 0 aromatic rings. The van der Waals surface area contributed by atoms with E-state index in [0.29, 0.717) is 19.4 Å². The Kier molecular flexibility index (Phi) is 11.6. The lowest BCUT2D eigenvalue weighted by Gasteiger charge is -2.24. The first kappa shape index (κ1) is 22.4. The number of hydrogen-bond donors (Lipinski definition) is 3. The zero-order chi connectivity index (χ0) is 15.8. The molecule has 21 heavy (non-hydrogen) atoms. The number of rotatable bonds is 10. The molecule has 0 saturated carbocycles. The fraction of sp³-hybridized carbons (Fsp3) is 0.857. The van der Waals surface area contributed by atoms with Gasteiger partial charge in [0.2, 0.25) is 11.8 Å². The van der Waals surface area contributed by atoms with Gasteiger partial charge in [-0.3, -0.25) is 9.59 Å². The van der Waals surface area contributed by atoms with E-state index in [1.54, 1.807) is 0 Å². The second-order valence-electron chi connectivity index (χ2n) is 6.33. The van der Waals surface area contributed by atoms with Crippen LogP contribution in [-0.4, -0.2) is 57.1 Å². The summed E-state index contributed by atoms with van der Waals surface area (Å²) in [5.74, 6) is -1.05. The highest BCUT2D eigenvalue weighted by molar-refractivity contribution is 5.81. The van der Waals surface area contributed by atoms with E-state index in [4.69, 9.17) is 11.5 Å². The zero-order valence-electron chi connectivity index (χ0n) is 13.7. The molecule has 0 fully saturated rings. The number of halogens is 1. The maximum absolute atomic E-state index is 12.1. The molecule has 2 amide bonds. The van der Waals surface area contributed by atoms with Gasteiger partial charge >= 0.3 is 0 Å². The highest BCUT2D eigenvalue weighted by Crippen LogP contribution is 2.15. The van der Waals surface area contributed by atoms with Gasteiger partial charge in [-0.15, -0.1) is 0 Å². The molecule has 2 unspecified atom stereocenters. The van der Waals surface area contributed by atoms with E-state index in [2.05, 4.69) is 26.5 Å². The number of primary amides is 1. The van der Waals surface area contributed by atoms with E-state index in [1.165, 1.54) is 0 Å². The van der Waals surface area contributed by atoms with Gasteiger partial charge in [0.1, 0.15) is 0 Å². The molecule has 5 N–H and O–H groups in total. The lowest BCUT2D eigenvalue weighted by molar-refractivity contribution is -0.870. The first-order valence-electron chi connectivity index (χ1n) is 7.28. The highest BCUT2D eigenvalue weighted by Gasteiger charge is 2.23. The fourth-order valence-corrected chi connectivity index (χ4v) is 2.04. The normalized spacial score (nSPS) is 14.0. The molecule has 0 radical (unpaired) electrons. The second kappa shape index (κ2) is 10.8. The van der Waals surface area contributed by atoms with Gasteiger partial charge in [0.15, 0.2) is 0 Å². The minimum absolute atomic E-state index is 0. The van der Waals surface area contributed by atoms with Crippen LogP contribution in [0.15, 0.2) is 0 Å². The van der Waals surface area contributed by atoms with Crippen LogP contribution in [0.3, 0.4) is 0 Å². The molecule has 0 aliphatic carbocycles. The van der Waals surface area contributed by atoms with Crippen molar-refractivity contribution in [1.29, 1.82) is 0 Å². The van der Waals surface area contributed by atoms with Gasteiger partial charge in [0.05, 0.1) is 33.6 Å². The zero-order valence-corrected chi connectivity index (χ0v) is 14.4. The van der Waals surface area contributed by atoms with Crippen molar-refractivity contribution in [2.75, 3.05) is 40.8 Å². The molecule has 0 heterocycles. The molecule has 0 aliphatic heterocycles. The summed E-state index contributed by atoms with van der Waals surface area (Å²) in [6, 6.07) is 0. The molecule has 0 aromatic carbocycles. The maximum atomic E-state index is 12.1.